The fourth-order valence-electron chi connectivity index (χ4n) is 3.51. The topological polar surface area (TPSA) is 81.7 Å². The summed E-state index contributed by atoms with van der Waals surface area (Å²) in [5.74, 6) is 0.737. The van der Waals surface area contributed by atoms with E-state index in [1.807, 2.05) is 40.3 Å². The molecule has 4 heterocycles. The number of hydrogen-bond acceptors (Lipinski definition) is 5. The predicted molar refractivity (Wildman–Crippen MR) is 100 cm³/mol. The molecule has 8 nitrogen and oxygen atoms in total. The second-order valence-electron chi connectivity index (χ2n) is 7.22. The molecule has 1 aliphatic rings. The second kappa shape index (κ2) is 6.61. The number of nitrogens with zero attached hydrogens (tertiary/aromatic N) is 7. The van der Waals surface area contributed by atoms with Crippen LogP contribution in [0.15, 0.2) is 24.7 Å². The van der Waals surface area contributed by atoms with Crippen molar-refractivity contribution >= 4 is 5.91 Å². The van der Waals surface area contributed by atoms with E-state index in [1.54, 1.807) is 12.5 Å². The molecule has 0 atom stereocenters. The van der Waals surface area contributed by atoms with Crippen molar-refractivity contribution in [2.45, 2.75) is 39.8 Å². The van der Waals surface area contributed by atoms with Crippen molar-refractivity contribution in [1.29, 1.82) is 0 Å². The van der Waals surface area contributed by atoms with Crippen LogP contribution in [0.1, 0.15) is 47.2 Å². The lowest BCUT2D eigenvalue weighted by atomic mass is 10.0. The van der Waals surface area contributed by atoms with Gasteiger partial charge in [0.2, 0.25) is 0 Å². The molecule has 1 amide bonds. The minimum absolute atomic E-state index is 0.00622. The van der Waals surface area contributed by atoms with E-state index in [0.717, 1.165) is 34.9 Å². The molecule has 0 radical (unpaired) electrons. The first kappa shape index (κ1) is 17.4. The van der Waals surface area contributed by atoms with E-state index in [1.165, 1.54) is 0 Å². The minimum Gasteiger partial charge on any atom is -0.334 e. The first-order valence-corrected chi connectivity index (χ1v) is 9.12. The fourth-order valence-corrected chi connectivity index (χ4v) is 3.51. The van der Waals surface area contributed by atoms with Crippen molar-refractivity contribution in [1.82, 2.24) is 34.4 Å². The summed E-state index contributed by atoms with van der Waals surface area (Å²) in [7, 11) is 1.94. The van der Waals surface area contributed by atoms with E-state index < -0.39 is 0 Å². The third-order valence-electron chi connectivity index (χ3n) is 5.03. The molecule has 0 fully saturated rings. The number of carbonyl (C=O) groups excluding carboxylic acids is 1. The molecule has 3 aromatic heterocycles. The molecule has 4 rings (SSSR count). The van der Waals surface area contributed by atoms with Gasteiger partial charge in [0.1, 0.15) is 12.0 Å². The molecule has 8 heteroatoms. The van der Waals surface area contributed by atoms with Crippen LogP contribution in [0, 0.1) is 6.92 Å². The molecule has 0 unspecified atom stereocenters. The molecule has 1 aliphatic heterocycles. The smallest absolute Gasteiger partial charge is 0.255 e. The number of carbonyl (C=O) groups is 1. The summed E-state index contributed by atoms with van der Waals surface area (Å²) in [6, 6.07) is 3.93. The first-order valence-electron chi connectivity index (χ1n) is 9.12. The number of hydrogen-bond donors (Lipinski definition) is 0. The Morgan fingerprint density at radius 1 is 1.26 bits per heavy atom. The summed E-state index contributed by atoms with van der Waals surface area (Å²) in [6.45, 7) is 7.25. The zero-order valence-electron chi connectivity index (χ0n) is 16.0. The Bertz CT molecular complexity index is 984. The predicted octanol–water partition coefficient (Wildman–Crippen LogP) is 2.16. The normalized spacial score (nSPS) is 13.9. The maximum atomic E-state index is 12.9. The van der Waals surface area contributed by atoms with Crippen LogP contribution in [-0.4, -0.2) is 46.9 Å². The van der Waals surface area contributed by atoms with Crippen molar-refractivity contribution < 1.29 is 4.79 Å². The van der Waals surface area contributed by atoms with E-state index in [2.05, 4.69) is 29.0 Å². The molecule has 0 aromatic carbocycles. The maximum Gasteiger partial charge on any atom is 0.255 e. The lowest BCUT2D eigenvalue weighted by molar-refractivity contribution is 0.0733. The average Bonchev–Trinajstić information content (AvgIpc) is 3.26. The van der Waals surface area contributed by atoms with Crippen molar-refractivity contribution in [3.63, 3.8) is 0 Å². The van der Waals surface area contributed by atoms with E-state index in [9.17, 15) is 4.79 Å². The van der Waals surface area contributed by atoms with E-state index >= 15 is 0 Å². The minimum atomic E-state index is -0.00622. The van der Waals surface area contributed by atoms with Gasteiger partial charge in [-0.2, -0.15) is 5.10 Å². The Balaban J connectivity index is 1.69. The highest BCUT2D eigenvalue weighted by molar-refractivity contribution is 5.94. The SMILES string of the molecule is Cc1ccc(C(=O)N2CCc3c(c(-c4nncn4C(C)C)nn3C)C2)cn1. The van der Waals surface area contributed by atoms with Crippen molar-refractivity contribution in [3.8, 4) is 11.5 Å². The molecule has 0 aliphatic carbocycles. The van der Waals surface area contributed by atoms with E-state index in [0.29, 0.717) is 18.7 Å². The largest absolute Gasteiger partial charge is 0.334 e. The Morgan fingerprint density at radius 2 is 2.07 bits per heavy atom. The molecule has 0 saturated heterocycles. The highest BCUT2D eigenvalue weighted by Gasteiger charge is 2.29. The Hall–Kier alpha value is -3.03. The van der Waals surface area contributed by atoms with Crippen LogP contribution in [0.25, 0.3) is 11.5 Å². The van der Waals surface area contributed by atoms with Crippen LogP contribution in [0.3, 0.4) is 0 Å². The van der Waals surface area contributed by atoms with Gasteiger partial charge in [0, 0.05) is 49.2 Å². The van der Waals surface area contributed by atoms with Gasteiger partial charge in [-0.3, -0.25) is 14.5 Å². The van der Waals surface area contributed by atoms with Gasteiger partial charge in [-0.05, 0) is 32.9 Å². The second-order valence-corrected chi connectivity index (χ2v) is 7.22. The molecule has 0 N–H and O–H groups in total. The molecular weight excluding hydrogens is 342 g/mol. The average molecular weight is 365 g/mol. The van der Waals surface area contributed by atoms with Gasteiger partial charge in [0.15, 0.2) is 5.82 Å². The first-order chi connectivity index (χ1) is 13.0. The van der Waals surface area contributed by atoms with Gasteiger partial charge in [0.05, 0.1) is 12.1 Å². The number of rotatable bonds is 3. The van der Waals surface area contributed by atoms with Gasteiger partial charge < -0.3 is 9.47 Å². The van der Waals surface area contributed by atoms with Crippen LogP contribution in [0.2, 0.25) is 0 Å². The van der Waals surface area contributed by atoms with Crippen molar-refractivity contribution in [2.75, 3.05) is 6.54 Å². The van der Waals surface area contributed by atoms with E-state index in [-0.39, 0.29) is 11.9 Å². The molecule has 27 heavy (non-hydrogen) atoms. The zero-order valence-corrected chi connectivity index (χ0v) is 16.0. The van der Waals surface area contributed by atoms with Gasteiger partial charge in [-0.15, -0.1) is 10.2 Å². The lowest BCUT2D eigenvalue weighted by Gasteiger charge is -2.27. The Kier molecular flexibility index (Phi) is 4.25. The molecular formula is C19H23N7O. The third kappa shape index (κ3) is 3.01. The van der Waals surface area contributed by atoms with Crippen LogP contribution in [0.5, 0.6) is 0 Å². The summed E-state index contributed by atoms with van der Waals surface area (Å²) in [5, 5.41) is 13.1. The van der Waals surface area contributed by atoms with Gasteiger partial charge >= 0.3 is 0 Å². The van der Waals surface area contributed by atoms with Crippen LogP contribution in [0.4, 0.5) is 0 Å². The zero-order chi connectivity index (χ0) is 19.1. The van der Waals surface area contributed by atoms with E-state index in [4.69, 9.17) is 5.10 Å². The standard InChI is InChI=1S/C19H23N7O/c1-12(2)26-11-21-22-18(26)17-15-10-25(8-7-16(15)24(4)23-17)19(27)14-6-5-13(3)20-9-14/h5-6,9,11-12H,7-8,10H2,1-4H3. The van der Waals surface area contributed by atoms with Gasteiger partial charge in [-0.25, -0.2) is 0 Å². The lowest BCUT2D eigenvalue weighted by Crippen LogP contribution is -2.36. The maximum absolute atomic E-state index is 12.9. The fraction of sp³-hybridized carbons (Fsp3) is 0.421. The van der Waals surface area contributed by atoms with Gasteiger partial charge in [-0.1, -0.05) is 0 Å². The van der Waals surface area contributed by atoms with Gasteiger partial charge in [0.25, 0.3) is 5.91 Å². The van der Waals surface area contributed by atoms with Crippen molar-refractivity contribution in [2.24, 2.45) is 7.05 Å². The van der Waals surface area contributed by atoms with Crippen LogP contribution < -0.4 is 0 Å². The third-order valence-corrected chi connectivity index (χ3v) is 5.03. The number of fused-ring (bicyclic) bond motifs is 1. The summed E-state index contributed by atoms with van der Waals surface area (Å²) in [4.78, 5) is 19.0. The highest BCUT2D eigenvalue weighted by Crippen LogP contribution is 2.30. The molecule has 0 saturated carbocycles. The number of aromatic nitrogens is 6. The molecule has 0 bridgehead atoms. The molecule has 3 aromatic rings. The highest BCUT2D eigenvalue weighted by atomic mass is 16.2. The summed E-state index contributed by atoms with van der Waals surface area (Å²) in [6.07, 6.45) is 4.14. The summed E-state index contributed by atoms with van der Waals surface area (Å²) < 4.78 is 3.91. The number of pyridine rings is 1. The monoisotopic (exact) mass is 365 g/mol. The van der Waals surface area contributed by atoms with Crippen LogP contribution in [-0.2, 0) is 20.0 Å². The Labute approximate surface area is 157 Å². The number of aryl methyl sites for hydroxylation is 2. The van der Waals surface area contributed by atoms with Crippen molar-refractivity contribution in [3.05, 3.63) is 47.2 Å². The molecule has 0 spiro atoms. The summed E-state index contributed by atoms with van der Waals surface area (Å²) in [5.41, 5.74) is 4.51. The van der Waals surface area contributed by atoms with Crippen LogP contribution >= 0.6 is 0 Å². The summed E-state index contributed by atoms with van der Waals surface area (Å²) >= 11 is 0. The quantitative estimate of drug-likeness (QED) is 0.710. The molecule has 140 valence electrons. The Morgan fingerprint density at radius 3 is 2.78 bits per heavy atom. The number of amides is 1.